The molecule has 0 aliphatic heterocycles. The minimum absolute atomic E-state index is 0.0588. The van der Waals surface area contributed by atoms with E-state index in [-0.39, 0.29) is 28.0 Å². The van der Waals surface area contributed by atoms with Crippen molar-refractivity contribution >= 4 is 51.5 Å². The van der Waals surface area contributed by atoms with Gasteiger partial charge in [-0.1, -0.05) is 49.6 Å². The molecule has 3 amide bonds. The lowest BCUT2D eigenvalue weighted by Crippen LogP contribution is -2.47. The molecule has 2 aromatic heterocycles. The van der Waals surface area contributed by atoms with E-state index < -0.39 is 29.6 Å². The highest BCUT2D eigenvalue weighted by Gasteiger charge is 2.39. The van der Waals surface area contributed by atoms with E-state index in [4.69, 9.17) is 11.5 Å². The molecule has 0 unspecified atom stereocenters. The second-order valence-electron chi connectivity index (χ2n) is 9.30. The van der Waals surface area contributed by atoms with Crippen molar-refractivity contribution in [1.29, 1.82) is 0 Å². The number of aromatic nitrogens is 2. The number of para-hydroxylation sites is 2. The van der Waals surface area contributed by atoms with Crippen molar-refractivity contribution in [3.05, 3.63) is 76.7 Å². The maximum absolute atomic E-state index is 15.3. The Morgan fingerprint density at radius 3 is 2.50 bits per heavy atom. The third-order valence-corrected chi connectivity index (χ3v) is 7.71. The lowest BCUT2D eigenvalue weighted by atomic mass is 9.94. The quantitative estimate of drug-likeness (QED) is 0.279. The minimum atomic E-state index is -1.25. The van der Waals surface area contributed by atoms with E-state index >= 15 is 4.39 Å². The van der Waals surface area contributed by atoms with Crippen LogP contribution in [0.3, 0.4) is 0 Å². The summed E-state index contributed by atoms with van der Waals surface area (Å²) in [5.74, 6) is -2.81. The van der Waals surface area contributed by atoms with Gasteiger partial charge in [0.15, 0.2) is 5.69 Å². The summed E-state index contributed by atoms with van der Waals surface area (Å²) in [5, 5.41) is 3.81. The molecule has 1 saturated carbocycles. The van der Waals surface area contributed by atoms with E-state index in [1.165, 1.54) is 18.2 Å². The number of nitrogens with zero attached hydrogens (tertiary/aromatic N) is 2. The van der Waals surface area contributed by atoms with Crippen LogP contribution in [0.15, 0.2) is 54.7 Å². The third-order valence-electron chi connectivity index (χ3n) is 6.86. The lowest BCUT2D eigenvalue weighted by Gasteiger charge is -2.33. The molecule has 0 saturated heterocycles. The van der Waals surface area contributed by atoms with Gasteiger partial charge in [0.05, 0.1) is 11.4 Å². The molecule has 0 bridgehead atoms. The molecule has 38 heavy (non-hydrogen) atoms. The molecule has 9 nitrogen and oxygen atoms in total. The molecule has 1 atom stereocenters. The zero-order valence-electron chi connectivity index (χ0n) is 20.4. The number of rotatable bonds is 7. The maximum atomic E-state index is 15.3. The van der Waals surface area contributed by atoms with Gasteiger partial charge in [0.25, 0.3) is 11.8 Å². The summed E-state index contributed by atoms with van der Waals surface area (Å²) < 4.78 is 19.3. The van der Waals surface area contributed by atoms with Crippen LogP contribution in [-0.4, -0.2) is 33.1 Å². The monoisotopic (exact) mass is 534 g/mol. The minimum Gasteiger partial charge on any atom is -0.395 e. The molecular weight excluding hydrogens is 507 g/mol. The second kappa shape index (κ2) is 10.6. The molecule has 4 aromatic rings. The first-order valence-corrected chi connectivity index (χ1v) is 13.1. The van der Waals surface area contributed by atoms with Crippen LogP contribution in [0, 0.1) is 5.82 Å². The summed E-state index contributed by atoms with van der Waals surface area (Å²) in [7, 11) is 0. The molecule has 6 N–H and O–H groups in total. The Morgan fingerprint density at radius 2 is 1.79 bits per heavy atom. The first-order valence-electron chi connectivity index (χ1n) is 12.4. The SMILES string of the molecule is NC(=O)c1nsc(C(=O)N(c2ccccc2F)[C@@H](C(=O)NC2CCCCC2)c2c[nH]c3ccccc23)c1N. The van der Waals surface area contributed by atoms with E-state index in [9.17, 15) is 14.4 Å². The van der Waals surface area contributed by atoms with Crippen LogP contribution in [-0.2, 0) is 4.79 Å². The fraction of sp³-hybridized carbons (Fsp3) is 0.259. The number of carbonyl (C=O) groups excluding carboxylic acids is 3. The number of fused-ring (bicyclic) bond motifs is 1. The number of nitrogen functional groups attached to an aromatic ring is 1. The summed E-state index contributed by atoms with van der Waals surface area (Å²) in [6.07, 6.45) is 6.39. The molecular formula is C27H27FN6O3S. The predicted molar refractivity (Wildman–Crippen MR) is 144 cm³/mol. The Balaban J connectivity index is 1.68. The summed E-state index contributed by atoms with van der Waals surface area (Å²) in [6, 6.07) is 11.8. The van der Waals surface area contributed by atoms with Crippen molar-refractivity contribution in [3.63, 3.8) is 0 Å². The second-order valence-corrected chi connectivity index (χ2v) is 10.1. The smallest absolute Gasteiger partial charge is 0.273 e. The molecule has 1 aliphatic carbocycles. The highest BCUT2D eigenvalue weighted by Crippen LogP contribution is 2.37. The molecule has 5 rings (SSSR count). The summed E-state index contributed by atoms with van der Waals surface area (Å²) in [4.78, 5) is 44.1. The fourth-order valence-corrected chi connectivity index (χ4v) is 5.74. The maximum Gasteiger partial charge on any atom is 0.273 e. The van der Waals surface area contributed by atoms with Crippen LogP contribution in [0.1, 0.15) is 63.9 Å². The van der Waals surface area contributed by atoms with Crippen molar-refractivity contribution in [2.45, 2.75) is 44.2 Å². The number of anilines is 2. The number of nitrogens with one attached hydrogen (secondary N) is 2. The van der Waals surface area contributed by atoms with Crippen LogP contribution in [0.5, 0.6) is 0 Å². The van der Waals surface area contributed by atoms with Gasteiger partial charge in [-0.2, -0.15) is 4.37 Å². The fourth-order valence-electron chi connectivity index (χ4n) is 5.00. The van der Waals surface area contributed by atoms with E-state index in [0.29, 0.717) is 22.5 Å². The number of nitrogens with two attached hydrogens (primary N) is 2. The van der Waals surface area contributed by atoms with Gasteiger partial charge in [0.1, 0.15) is 16.7 Å². The van der Waals surface area contributed by atoms with Gasteiger partial charge in [0, 0.05) is 28.7 Å². The summed E-state index contributed by atoms with van der Waals surface area (Å²) in [6.45, 7) is 0. The van der Waals surface area contributed by atoms with Crippen LogP contribution in [0.2, 0.25) is 0 Å². The third kappa shape index (κ3) is 4.72. The highest BCUT2D eigenvalue weighted by atomic mass is 32.1. The van der Waals surface area contributed by atoms with Crippen LogP contribution >= 0.6 is 11.5 Å². The van der Waals surface area contributed by atoms with E-state index in [1.807, 2.05) is 24.3 Å². The van der Waals surface area contributed by atoms with Crippen LogP contribution in [0.4, 0.5) is 15.8 Å². The van der Waals surface area contributed by atoms with Gasteiger partial charge in [-0.25, -0.2) is 4.39 Å². The Bertz CT molecular complexity index is 1510. The highest BCUT2D eigenvalue weighted by molar-refractivity contribution is 7.09. The first-order chi connectivity index (χ1) is 18.4. The average Bonchev–Trinajstić information content (AvgIpc) is 3.51. The Labute approximate surface area is 222 Å². The van der Waals surface area contributed by atoms with E-state index in [1.54, 1.807) is 12.3 Å². The molecule has 11 heteroatoms. The average molecular weight is 535 g/mol. The number of aromatic amines is 1. The number of hydrogen-bond donors (Lipinski definition) is 4. The zero-order chi connectivity index (χ0) is 26.8. The van der Waals surface area contributed by atoms with Crippen molar-refractivity contribution < 1.29 is 18.8 Å². The van der Waals surface area contributed by atoms with Gasteiger partial charge < -0.3 is 21.8 Å². The van der Waals surface area contributed by atoms with Crippen LogP contribution in [0.25, 0.3) is 10.9 Å². The largest absolute Gasteiger partial charge is 0.395 e. The van der Waals surface area contributed by atoms with Gasteiger partial charge in [0.2, 0.25) is 5.91 Å². The Morgan fingerprint density at radius 1 is 1.08 bits per heavy atom. The van der Waals surface area contributed by atoms with Crippen LogP contribution < -0.4 is 21.7 Å². The number of H-pyrrole nitrogens is 1. The van der Waals surface area contributed by atoms with Gasteiger partial charge in [-0.15, -0.1) is 0 Å². The normalized spacial score (nSPS) is 14.8. The number of carbonyl (C=O) groups is 3. The van der Waals surface area contributed by atoms with Gasteiger partial charge in [-0.3, -0.25) is 19.3 Å². The first kappa shape index (κ1) is 25.4. The number of hydrogen-bond acceptors (Lipinski definition) is 6. The van der Waals surface area contributed by atoms with E-state index in [0.717, 1.165) is 42.5 Å². The lowest BCUT2D eigenvalue weighted by molar-refractivity contribution is -0.123. The topological polar surface area (TPSA) is 147 Å². The van der Waals surface area contributed by atoms with E-state index in [2.05, 4.69) is 14.7 Å². The van der Waals surface area contributed by atoms with Crippen molar-refractivity contribution in [3.8, 4) is 0 Å². The molecule has 0 radical (unpaired) electrons. The summed E-state index contributed by atoms with van der Waals surface area (Å²) >= 11 is 0.678. The Hall–Kier alpha value is -4.25. The molecule has 1 aliphatic rings. The van der Waals surface area contributed by atoms with Gasteiger partial charge in [-0.05, 0) is 42.6 Å². The zero-order valence-corrected chi connectivity index (χ0v) is 21.3. The summed E-state index contributed by atoms with van der Waals surface area (Å²) in [5.41, 5.74) is 12.1. The Kier molecular flexibility index (Phi) is 7.10. The van der Waals surface area contributed by atoms with Crippen molar-refractivity contribution in [2.24, 2.45) is 5.73 Å². The number of halogens is 1. The molecule has 0 spiro atoms. The molecule has 2 aromatic carbocycles. The molecule has 1 fully saturated rings. The van der Waals surface area contributed by atoms with Crippen molar-refractivity contribution in [1.82, 2.24) is 14.7 Å². The number of primary amides is 1. The number of amides is 3. The predicted octanol–water partition coefficient (Wildman–Crippen LogP) is 4.28. The van der Waals surface area contributed by atoms with Gasteiger partial charge >= 0.3 is 0 Å². The standard InChI is InChI=1S/C27H27FN6O3S/c28-18-11-5-7-13-20(18)34(27(37)24-21(29)22(25(30)35)33-38-24)23(26(36)32-15-8-2-1-3-9-15)17-14-31-19-12-6-4-10-16(17)19/h4-7,10-15,23,31H,1-3,8-9,29H2,(H2,30,35)(H,32,36)/t23-/m1/s1. The number of benzene rings is 2. The van der Waals surface area contributed by atoms with Crippen molar-refractivity contribution in [2.75, 3.05) is 10.6 Å². The molecule has 2 heterocycles. The molecule has 196 valence electrons.